The number of benzene rings is 2. The van der Waals surface area contributed by atoms with Crippen LogP contribution in [0.3, 0.4) is 0 Å². The van der Waals surface area contributed by atoms with E-state index in [0.29, 0.717) is 35.8 Å². The van der Waals surface area contributed by atoms with Crippen molar-refractivity contribution in [2.45, 2.75) is 170 Å². The van der Waals surface area contributed by atoms with Crippen LogP contribution in [0.15, 0.2) is 24.3 Å². The van der Waals surface area contributed by atoms with Gasteiger partial charge in [-0.3, -0.25) is 0 Å². The SMILES string of the molecule is CCCCCCOC(=O)c1cc(C(C)(C)C)c(O[P+](=O)Oc2c(C(C)(C)C)cc(C(=O)OCCCCCC)cc2C(C)(C)C)c(C(C)(C)C)c1. The summed E-state index contributed by atoms with van der Waals surface area (Å²) in [6.45, 7) is 29.4. The van der Waals surface area contributed by atoms with Crippen LogP contribution in [0.25, 0.3) is 0 Å². The van der Waals surface area contributed by atoms with Gasteiger partial charge in [-0.05, 0) is 58.8 Å². The lowest BCUT2D eigenvalue weighted by Crippen LogP contribution is -2.22. The van der Waals surface area contributed by atoms with E-state index >= 15 is 0 Å². The van der Waals surface area contributed by atoms with E-state index in [2.05, 4.69) is 13.8 Å². The van der Waals surface area contributed by atoms with E-state index < -0.39 is 29.9 Å². The first-order valence-corrected chi connectivity index (χ1v) is 19.7. The number of rotatable bonds is 16. The van der Waals surface area contributed by atoms with Gasteiger partial charge in [0.2, 0.25) is 0 Å². The standard InChI is InChI=1S/C42H66O7P/c1-15-17-19-21-23-46-37(43)29-25-31(39(3,4)5)35(32(26-29)40(6,7)8)48-50(45)49-36-33(41(9,10)11)27-30(28-34(36)42(12,13)14)38(44)47-24-22-20-18-16-2/h25-28H,15-24H2,1-14H3/q+1. The molecule has 50 heavy (non-hydrogen) atoms. The molecule has 0 fully saturated rings. The van der Waals surface area contributed by atoms with E-state index in [0.717, 1.165) is 73.6 Å². The predicted octanol–water partition coefficient (Wildman–Crippen LogP) is 12.5. The minimum atomic E-state index is -2.75. The summed E-state index contributed by atoms with van der Waals surface area (Å²) in [6.07, 6.45) is 8.12. The third-order valence-corrected chi connectivity index (χ3v) is 9.34. The summed E-state index contributed by atoms with van der Waals surface area (Å²) in [5.41, 5.74) is 1.97. The van der Waals surface area contributed by atoms with Crippen LogP contribution in [0, 0.1) is 0 Å². The molecule has 0 aliphatic carbocycles. The molecule has 0 aliphatic rings. The maximum absolute atomic E-state index is 14.1. The van der Waals surface area contributed by atoms with E-state index in [1.807, 2.05) is 83.1 Å². The first kappa shape index (κ1) is 43.2. The van der Waals surface area contributed by atoms with Crippen LogP contribution in [0.5, 0.6) is 11.5 Å². The molecule has 280 valence electrons. The van der Waals surface area contributed by atoms with Crippen LogP contribution < -0.4 is 9.05 Å². The zero-order chi connectivity index (χ0) is 38.1. The quantitative estimate of drug-likeness (QED) is 0.0972. The fourth-order valence-corrected chi connectivity index (χ4v) is 6.37. The highest BCUT2D eigenvalue weighted by Gasteiger charge is 2.39. The molecule has 0 unspecified atom stereocenters. The van der Waals surface area contributed by atoms with Gasteiger partial charge in [-0.1, -0.05) is 135 Å². The number of carbonyl (C=O) groups excluding carboxylic acids is 2. The Morgan fingerprint density at radius 2 is 0.780 bits per heavy atom. The van der Waals surface area contributed by atoms with Crippen LogP contribution in [0.4, 0.5) is 0 Å². The second kappa shape index (κ2) is 18.0. The molecule has 2 aromatic rings. The summed E-state index contributed by atoms with van der Waals surface area (Å²) in [6, 6.07) is 7.19. The molecule has 0 saturated carbocycles. The van der Waals surface area contributed by atoms with E-state index in [-0.39, 0.29) is 11.9 Å². The Bertz CT molecular complexity index is 1280. The molecule has 0 saturated heterocycles. The van der Waals surface area contributed by atoms with Gasteiger partial charge in [0.05, 0.1) is 24.3 Å². The zero-order valence-electron chi connectivity index (χ0n) is 33.7. The maximum Gasteiger partial charge on any atom is 0.805 e. The average Bonchev–Trinajstić information content (AvgIpc) is 2.98. The molecule has 0 heterocycles. The molecule has 0 aromatic heterocycles. The Morgan fingerprint density at radius 1 is 0.500 bits per heavy atom. The van der Waals surface area contributed by atoms with Crippen LogP contribution in [0.2, 0.25) is 0 Å². The smallest absolute Gasteiger partial charge is 0.462 e. The third kappa shape index (κ3) is 12.7. The first-order valence-electron chi connectivity index (χ1n) is 18.6. The summed E-state index contributed by atoms with van der Waals surface area (Å²) >= 11 is 0. The van der Waals surface area contributed by atoms with Gasteiger partial charge in [0.1, 0.15) is 0 Å². The number of hydrogen-bond donors (Lipinski definition) is 0. The van der Waals surface area contributed by atoms with Gasteiger partial charge < -0.3 is 9.47 Å². The summed E-state index contributed by atoms with van der Waals surface area (Å²) in [4.78, 5) is 26.5. The monoisotopic (exact) mass is 713 g/mol. The first-order chi connectivity index (χ1) is 23.0. The van der Waals surface area contributed by atoms with Crippen LogP contribution in [0.1, 0.15) is 191 Å². The zero-order valence-corrected chi connectivity index (χ0v) is 34.6. The minimum Gasteiger partial charge on any atom is -0.462 e. The molecule has 0 spiro atoms. The van der Waals surface area contributed by atoms with E-state index in [4.69, 9.17) is 18.5 Å². The van der Waals surface area contributed by atoms with Gasteiger partial charge >= 0.3 is 20.2 Å². The molecule has 0 radical (unpaired) electrons. The van der Waals surface area contributed by atoms with Crippen molar-refractivity contribution < 1.29 is 32.7 Å². The number of hydrogen-bond acceptors (Lipinski definition) is 7. The number of unbranched alkanes of at least 4 members (excludes halogenated alkanes) is 6. The predicted molar refractivity (Wildman–Crippen MR) is 205 cm³/mol. The highest BCUT2D eigenvalue weighted by molar-refractivity contribution is 7.34. The Hall–Kier alpha value is -2.92. The highest BCUT2D eigenvalue weighted by Crippen LogP contribution is 2.48. The molecular weight excluding hydrogens is 647 g/mol. The fraction of sp³-hybridized carbons (Fsp3) is 0.667. The molecule has 0 bridgehead atoms. The van der Waals surface area contributed by atoms with Gasteiger partial charge in [-0.15, -0.1) is 0 Å². The number of esters is 2. The van der Waals surface area contributed by atoms with Crippen molar-refractivity contribution in [2.24, 2.45) is 0 Å². The Balaban J connectivity index is 2.60. The molecule has 2 rings (SSSR count). The molecule has 8 heteroatoms. The molecule has 0 atom stereocenters. The van der Waals surface area contributed by atoms with Crippen molar-refractivity contribution >= 4 is 20.2 Å². The Morgan fingerprint density at radius 3 is 1.02 bits per heavy atom. The number of ether oxygens (including phenoxy) is 2. The molecule has 0 amide bonds. The Kier molecular flexibility index (Phi) is 15.6. The summed E-state index contributed by atoms with van der Waals surface area (Å²) in [7, 11) is -2.75. The van der Waals surface area contributed by atoms with E-state index in [9.17, 15) is 14.2 Å². The van der Waals surface area contributed by atoms with Gasteiger partial charge in [0, 0.05) is 26.8 Å². The fourth-order valence-electron chi connectivity index (χ4n) is 5.64. The van der Waals surface area contributed by atoms with Gasteiger partial charge in [0.25, 0.3) is 0 Å². The summed E-state index contributed by atoms with van der Waals surface area (Å²) in [5.74, 6) is 0.106. The van der Waals surface area contributed by atoms with E-state index in [1.165, 1.54) is 0 Å². The lowest BCUT2D eigenvalue weighted by atomic mass is 9.78. The van der Waals surface area contributed by atoms with E-state index in [1.54, 1.807) is 24.3 Å². The molecule has 7 nitrogen and oxygen atoms in total. The molecule has 0 N–H and O–H groups in total. The van der Waals surface area contributed by atoms with Crippen LogP contribution in [-0.4, -0.2) is 25.2 Å². The normalized spacial score (nSPS) is 12.4. The Labute approximate surface area is 304 Å². The topological polar surface area (TPSA) is 88.1 Å². The van der Waals surface area contributed by atoms with Crippen molar-refractivity contribution in [1.29, 1.82) is 0 Å². The summed E-state index contributed by atoms with van der Waals surface area (Å²) < 4.78 is 38.1. The van der Waals surface area contributed by atoms with Crippen LogP contribution in [-0.2, 0) is 35.7 Å². The van der Waals surface area contributed by atoms with Gasteiger partial charge in [-0.25, -0.2) is 18.6 Å². The second-order valence-electron chi connectivity index (χ2n) is 17.6. The molecule has 0 aliphatic heterocycles. The van der Waals surface area contributed by atoms with Crippen molar-refractivity contribution in [3.63, 3.8) is 0 Å². The van der Waals surface area contributed by atoms with Gasteiger partial charge in [-0.2, -0.15) is 0 Å². The molecule has 2 aromatic carbocycles. The van der Waals surface area contributed by atoms with Crippen LogP contribution >= 0.6 is 8.25 Å². The van der Waals surface area contributed by atoms with Crippen molar-refractivity contribution in [3.8, 4) is 11.5 Å². The lowest BCUT2D eigenvalue weighted by Gasteiger charge is -2.28. The maximum atomic E-state index is 14.1. The van der Waals surface area contributed by atoms with Crippen molar-refractivity contribution in [1.82, 2.24) is 0 Å². The highest BCUT2D eigenvalue weighted by atomic mass is 31.1. The minimum absolute atomic E-state index is 0.369. The van der Waals surface area contributed by atoms with Gasteiger partial charge in [0.15, 0.2) is 11.5 Å². The third-order valence-electron chi connectivity index (χ3n) is 8.68. The average molecular weight is 714 g/mol. The van der Waals surface area contributed by atoms with Crippen molar-refractivity contribution in [2.75, 3.05) is 13.2 Å². The largest absolute Gasteiger partial charge is 0.805 e. The molecular formula is C42H66O7P+. The lowest BCUT2D eigenvalue weighted by molar-refractivity contribution is 0.0488. The number of carbonyl (C=O) groups is 2. The summed E-state index contributed by atoms with van der Waals surface area (Å²) in [5, 5.41) is 0. The van der Waals surface area contributed by atoms with Crippen molar-refractivity contribution in [3.05, 3.63) is 57.6 Å². The second-order valence-corrected chi connectivity index (χ2v) is 18.4.